The molecule has 0 unspecified atom stereocenters. The summed E-state index contributed by atoms with van der Waals surface area (Å²) >= 11 is 0. The molecule has 0 atom stereocenters. The van der Waals surface area contributed by atoms with Gasteiger partial charge in [0.1, 0.15) is 5.75 Å². The molecule has 1 aliphatic rings. The van der Waals surface area contributed by atoms with Crippen molar-refractivity contribution in [3.05, 3.63) is 24.3 Å². The van der Waals surface area contributed by atoms with E-state index in [0.717, 1.165) is 38.5 Å². The van der Waals surface area contributed by atoms with Crippen molar-refractivity contribution in [3.8, 4) is 5.75 Å². The Morgan fingerprint density at radius 1 is 1.12 bits per heavy atom. The SMILES string of the molecule is CCCCNS(=O)(=O)c1ccc(OCC(=O)NC2CCCCCC2)cc1. The van der Waals surface area contributed by atoms with Gasteiger partial charge in [-0.1, -0.05) is 39.0 Å². The second kappa shape index (κ2) is 10.5. The van der Waals surface area contributed by atoms with Gasteiger partial charge in [0.15, 0.2) is 6.61 Å². The predicted molar refractivity (Wildman–Crippen MR) is 102 cm³/mol. The molecule has 2 rings (SSSR count). The highest BCUT2D eigenvalue weighted by atomic mass is 32.2. The minimum absolute atomic E-state index is 0.0582. The number of nitrogens with one attached hydrogen (secondary N) is 2. The first-order valence-electron chi connectivity index (χ1n) is 9.53. The van der Waals surface area contributed by atoms with Crippen molar-refractivity contribution in [2.45, 2.75) is 69.2 Å². The van der Waals surface area contributed by atoms with E-state index in [0.29, 0.717) is 12.3 Å². The average molecular weight is 383 g/mol. The smallest absolute Gasteiger partial charge is 0.258 e. The van der Waals surface area contributed by atoms with Crippen LogP contribution in [0, 0.1) is 0 Å². The third-order valence-electron chi connectivity index (χ3n) is 4.55. The highest BCUT2D eigenvalue weighted by molar-refractivity contribution is 7.89. The Balaban J connectivity index is 1.80. The maximum absolute atomic E-state index is 12.1. The van der Waals surface area contributed by atoms with Crippen LogP contribution in [-0.2, 0) is 14.8 Å². The quantitative estimate of drug-likeness (QED) is 0.508. The molecule has 0 saturated heterocycles. The molecule has 1 aliphatic carbocycles. The maximum Gasteiger partial charge on any atom is 0.258 e. The van der Waals surface area contributed by atoms with E-state index in [9.17, 15) is 13.2 Å². The number of hydrogen-bond donors (Lipinski definition) is 2. The third kappa shape index (κ3) is 6.96. The summed E-state index contributed by atoms with van der Waals surface area (Å²) in [5.74, 6) is 0.350. The summed E-state index contributed by atoms with van der Waals surface area (Å²) < 4.78 is 32.3. The summed E-state index contributed by atoms with van der Waals surface area (Å²) in [5.41, 5.74) is 0. The van der Waals surface area contributed by atoms with Crippen LogP contribution >= 0.6 is 0 Å². The lowest BCUT2D eigenvalue weighted by molar-refractivity contribution is -0.123. The number of sulfonamides is 1. The molecule has 2 N–H and O–H groups in total. The van der Waals surface area contributed by atoms with Gasteiger partial charge in [-0.15, -0.1) is 0 Å². The van der Waals surface area contributed by atoms with E-state index in [-0.39, 0.29) is 23.5 Å². The molecule has 0 radical (unpaired) electrons. The molecule has 1 amide bonds. The Kier molecular flexibility index (Phi) is 8.38. The van der Waals surface area contributed by atoms with Crippen LogP contribution in [-0.4, -0.2) is 33.5 Å². The largest absolute Gasteiger partial charge is 0.484 e. The van der Waals surface area contributed by atoms with Gasteiger partial charge in [-0.05, 0) is 43.5 Å². The Morgan fingerprint density at radius 2 is 1.77 bits per heavy atom. The standard InChI is InChI=1S/C19H30N2O4S/c1-2-3-14-20-26(23,24)18-12-10-17(11-13-18)25-15-19(22)21-16-8-6-4-5-7-9-16/h10-13,16,20H,2-9,14-15H2,1H3,(H,21,22). The lowest BCUT2D eigenvalue weighted by atomic mass is 10.1. The molecule has 1 aromatic carbocycles. The lowest BCUT2D eigenvalue weighted by Crippen LogP contribution is -2.37. The molecule has 0 bridgehead atoms. The Bertz CT molecular complexity index is 651. The normalized spacial score (nSPS) is 16.0. The number of carbonyl (C=O) groups is 1. The molecular formula is C19H30N2O4S. The van der Waals surface area contributed by atoms with Gasteiger partial charge in [0.2, 0.25) is 10.0 Å². The summed E-state index contributed by atoms with van der Waals surface area (Å²) in [5, 5.41) is 3.02. The topological polar surface area (TPSA) is 84.5 Å². The number of benzene rings is 1. The Morgan fingerprint density at radius 3 is 2.38 bits per heavy atom. The summed E-state index contributed by atoms with van der Waals surface area (Å²) in [7, 11) is -3.49. The third-order valence-corrected chi connectivity index (χ3v) is 6.02. The van der Waals surface area contributed by atoms with Gasteiger partial charge in [0, 0.05) is 12.6 Å². The number of ether oxygens (including phenoxy) is 1. The molecule has 0 aromatic heterocycles. The van der Waals surface area contributed by atoms with Crippen molar-refractivity contribution < 1.29 is 17.9 Å². The van der Waals surface area contributed by atoms with Gasteiger partial charge in [0.25, 0.3) is 5.91 Å². The first-order valence-corrected chi connectivity index (χ1v) is 11.0. The van der Waals surface area contributed by atoms with E-state index in [4.69, 9.17) is 4.74 Å². The van der Waals surface area contributed by atoms with Gasteiger partial charge in [0.05, 0.1) is 4.90 Å². The number of carbonyl (C=O) groups excluding carboxylic acids is 1. The molecule has 6 nitrogen and oxygen atoms in total. The predicted octanol–water partition coefficient (Wildman–Crippen LogP) is 2.98. The van der Waals surface area contributed by atoms with E-state index in [2.05, 4.69) is 10.0 Å². The van der Waals surface area contributed by atoms with Crippen LogP contribution in [0.1, 0.15) is 58.3 Å². The first-order chi connectivity index (χ1) is 12.5. The molecule has 146 valence electrons. The fourth-order valence-electron chi connectivity index (χ4n) is 3.02. The van der Waals surface area contributed by atoms with E-state index in [1.807, 2.05) is 6.92 Å². The van der Waals surface area contributed by atoms with Gasteiger partial charge >= 0.3 is 0 Å². The number of amides is 1. The summed E-state index contributed by atoms with van der Waals surface area (Å²) in [6.07, 6.45) is 8.60. The zero-order valence-electron chi connectivity index (χ0n) is 15.5. The summed E-state index contributed by atoms with van der Waals surface area (Å²) in [6.45, 7) is 2.38. The maximum atomic E-state index is 12.1. The average Bonchev–Trinajstić information content (AvgIpc) is 2.89. The Labute approximate surface area is 156 Å². The highest BCUT2D eigenvalue weighted by Crippen LogP contribution is 2.18. The van der Waals surface area contributed by atoms with E-state index >= 15 is 0 Å². The van der Waals surface area contributed by atoms with Crippen molar-refractivity contribution in [2.75, 3.05) is 13.2 Å². The molecule has 7 heteroatoms. The monoisotopic (exact) mass is 382 g/mol. The van der Waals surface area contributed by atoms with Crippen molar-refractivity contribution in [1.29, 1.82) is 0 Å². The van der Waals surface area contributed by atoms with Crippen LogP contribution in [0.5, 0.6) is 5.75 Å². The number of unbranched alkanes of at least 4 members (excludes halogenated alkanes) is 1. The summed E-state index contributed by atoms with van der Waals surface area (Å²) in [6, 6.07) is 6.38. The fourth-order valence-corrected chi connectivity index (χ4v) is 4.10. The van der Waals surface area contributed by atoms with E-state index < -0.39 is 10.0 Å². The van der Waals surface area contributed by atoms with Gasteiger partial charge in [-0.3, -0.25) is 4.79 Å². The van der Waals surface area contributed by atoms with Crippen LogP contribution in [0.15, 0.2) is 29.2 Å². The van der Waals surface area contributed by atoms with Crippen molar-refractivity contribution in [1.82, 2.24) is 10.0 Å². The molecule has 0 spiro atoms. The van der Waals surface area contributed by atoms with Crippen molar-refractivity contribution in [3.63, 3.8) is 0 Å². The number of hydrogen-bond acceptors (Lipinski definition) is 4. The van der Waals surface area contributed by atoms with Gasteiger partial charge < -0.3 is 10.1 Å². The van der Waals surface area contributed by atoms with Crippen LogP contribution in [0.25, 0.3) is 0 Å². The van der Waals surface area contributed by atoms with Crippen molar-refractivity contribution in [2.24, 2.45) is 0 Å². The van der Waals surface area contributed by atoms with Crippen LogP contribution in [0.4, 0.5) is 0 Å². The van der Waals surface area contributed by atoms with Crippen LogP contribution in [0.3, 0.4) is 0 Å². The molecule has 0 heterocycles. The molecule has 0 aliphatic heterocycles. The Hall–Kier alpha value is -1.60. The van der Waals surface area contributed by atoms with Crippen molar-refractivity contribution >= 4 is 15.9 Å². The molecule has 1 fully saturated rings. The zero-order valence-corrected chi connectivity index (χ0v) is 16.3. The zero-order chi connectivity index (χ0) is 18.8. The molecule has 1 saturated carbocycles. The first kappa shape index (κ1) is 20.7. The second-order valence-electron chi connectivity index (χ2n) is 6.77. The minimum atomic E-state index is -3.49. The van der Waals surface area contributed by atoms with Crippen LogP contribution in [0.2, 0.25) is 0 Å². The lowest BCUT2D eigenvalue weighted by Gasteiger charge is -2.16. The van der Waals surface area contributed by atoms with Gasteiger partial charge in [-0.2, -0.15) is 0 Å². The summed E-state index contributed by atoms with van der Waals surface area (Å²) in [4.78, 5) is 12.2. The van der Waals surface area contributed by atoms with E-state index in [1.54, 1.807) is 12.1 Å². The fraction of sp³-hybridized carbons (Fsp3) is 0.632. The second-order valence-corrected chi connectivity index (χ2v) is 8.53. The molecular weight excluding hydrogens is 352 g/mol. The minimum Gasteiger partial charge on any atom is -0.484 e. The highest BCUT2D eigenvalue weighted by Gasteiger charge is 2.16. The number of rotatable bonds is 9. The molecule has 26 heavy (non-hydrogen) atoms. The van der Waals surface area contributed by atoms with E-state index in [1.165, 1.54) is 25.0 Å². The van der Waals surface area contributed by atoms with Crippen LogP contribution < -0.4 is 14.8 Å². The van der Waals surface area contributed by atoms with Gasteiger partial charge in [-0.25, -0.2) is 13.1 Å². The molecule has 1 aromatic rings.